The first-order chi connectivity index (χ1) is 28.6. The molecule has 8 aromatic rings. The van der Waals surface area contributed by atoms with Crippen molar-refractivity contribution in [2.45, 2.75) is 85.1 Å². The zero-order valence-electron chi connectivity index (χ0n) is 36.6. The van der Waals surface area contributed by atoms with E-state index in [0.717, 1.165) is 39.3 Å². The summed E-state index contributed by atoms with van der Waals surface area (Å²) < 4.78 is 8.88. The molecule has 0 saturated carbocycles. The van der Waals surface area contributed by atoms with E-state index in [1.54, 1.807) is 0 Å². The van der Waals surface area contributed by atoms with Gasteiger partial charge in [-0.3, -0.25) is 0 Å². The number of ether oxygens (including phenoxy) is 1. The Morgan fingerprint density at radius 2 is 1.30 bits per heavy atom. The first kappa shape index (κ1) is 42.1. The molecular formula is C55H53N4OPt-3. The van der Waals surface area contributed by atoms with E-state index in [4.69, 9.17) is 9.72 Å². The molecule has 2 aromatic heterocycles. The SMILES string of the molecule is CC(C)(C)c1ccnc(-n2c3[c-]c(Oc4[c-]c(N5[CH-]N(Cc6cccc(C(C)(C)C)c6-c6ccccc6)c6ccccc65)ccc4)ccc3c3cc(C(C)(C)C)ccc32)c1.[Pt]. The summed E-state index contributed by atoms with van der Waals surface area (Å²) >= 11 is 0. The van der Waals surface area contributed by atoms with E-state index in [-0.39, 0.29) is 37.3 Å². The number of anilines is 3. The Labute approximate surface area is 376 Å². The third-order valence-corrected chi connectivity index (χ3v) is 11.7. The summed E-state index contributed by atoms with van der Waals surface area (Å²) in [4.78, 5) is 9.46. The average Bonchev–Trinajstić information content (AvgIpc) is 3.75. The molecular weight excluding hydrogens is 928 g/mol. The molecule has 1 aliphatic rings. The zero-order chi connectivity index (χ0) is 42.0. The molecule has 0 fully saturated rings. The molecule has 61 heavy (non-hydrogen) atoms. The number of aromatic nitrogens is 2. The molecule has 0 spiro atoms. The molecule has 0 saturated heterocycles. The molecule has 6 heteroatoms. The van der Waals surface area contributed by atoms with Crippen LogP contribution in [-0.4, -0.2) is 9.55 Å². The Kier molecular flexibility index (Phi) is 11.0. The summed E-state index contributed by atoms with van der Waals surface area (Å²) in [5, 5.41) is 2.28. The number of fused-ring (bicyclic) bond motifs is 4. The van der Waals surface area contributed by atoms with E-state index in [9.17, 15) is 0 Å². The second-order valence-corrected chi connectivity index (χ2v) is 19.1. The van der Waals surface area contributed by atoms with Gasteiger partial charge < -0.3 is 19.1 Å². The Bertz CT molecular complexity index is 2870. The summed E-state index contributed by atoms with van der Waals surface area (Å²) in [6, 6.07) is 54.7. The third-order valence-electron chi connectivity index (χ3n) is 11.7. The van der Waals surface area contributed by atoms with Crippen molar-refractivity contribution < 1.29 is 25.8 Å². The molecule has 0 N–H and O–H groups in total. The van der Waals surface area contributed by atoms with Crippen LogP contribution in [0.1, 0.15) is 84.6 Å². The smallest absolute Gasteiger partial charge is 0.135 e. The average molecular weight is 981 g/mol. The summed E-state index contributed by atoms with van der Waals surface area (Å²) in [5.74, 6) is 2.09. The van der Waals surface area contributed by atoms with Crippen molar-refractivity contribution in [2.24, 2.45) is 0 Å². The second kappa shape index (κ2) is 16.0. The standard InChI is InChI=1S/C55H53N4O.Pt/c1-53(2,3)39-25-28-47-45(31-39)44-27-26-43(34-50(44)59(47)51-32-40(29-30-56-51)54(4,5)6)60-42-21-16-20-41(33-42)58-36-57(48-23-13-14-24-49(48)58)35-38-19-15-22-46(55(7,8)9)52(38)37-17-11-10-12-18-37;/h10-32,36H,35H2,1-9H3;/q-3;. The molecule has 6 aromatic carbocycles. The minimum absolute atomic E-state index is 0. The maximum absolute atomic E-state index is 6.65. The largest absolute Gasteiger partial charge is 0.509 e. The molecule has 0 atom stereocenters. The van der Waals surface area contributed by atoms with Crippen LogP contribution in [0.5, 0.6) is 11.5 Å². The monoisotopic (exact) mass is 980 g/mol. The van der Waals surface area contributed by atoms with Crippen LogP contribution in [0.4, 0.5) is 17.1 Å². The van der Waals surface area contributed by atoms with Crippen LogP contribution < -0.4 is 14.5 Å². The van der Waals surface area contributed by atoms with Gasteiger partial charge in [0, 0.05) is 62.2 Å². The number of para-hydroxylation sites is 2. The van der Waals surface area contributed by atoms with Crippen molar-refractivity contribution in [3.8, 4) is 28.4 Å². The molecule has 5 nitrogen and oxygen atoms in total. The number of hydrogen-bond acceptors (Lipinski definition) is 4. The Hall–Kier alpha value is -5.64. The maximum Gasteiger partial charge on any atom is 0.135 e. The third kappa shape index (κ3) is 8.13. The van der Waals surface area contributed by atoms with Gasteiger partial charge >= 0.3 is 0 Å². The molecule has 9 rings (SSSR count). The molecule has 0 amide bonds. The molecule has 0 unspecified atom stereocenters. The van der Waals surface area contributed by atoms with Crippen molar-refractivity contribution in [3.63, 3.8) is 0 Å². The van der Waals surface area contributed by atoms with E-state index < -0.39 is 0 Å². The van der Waals surface area contributed by atoms with Gasteiger partial charge in [-0.25, -0.2) is 4.98 Å². The van der Waals surface area contributed by atoms with Crippen LogP contribution in [0.2, 0.25) is 0 Å². The molecule has 0 radical (unpaired) electrons. The second-order valence-electron chi connectivity index (χ2n) is 19.1. The van der Waals surface area contributed by atoms with Crippen molar-refractivity contribution in [2.75, 3.05) is 9.80 Å². The summed E-state index contributed by atoms with van der Waals surface area (Å²) in [6.07, 6.45) is 1.91. The quantitative estimate of drug-likeness (QED) is 0.149. The van der Waals surface area contributed by atoms with Gasteiger partial charge in [-0.2, -0.15) is 18.8 Å². The minimum atomic E-state index is -0.0263. The number of pyridine rings is 1. The van der Waals surface area contributed by atoms with E-state index in [2.05, 4.69) is 211 Å². The normalized spacial score (nSPS) is 13.1. The number of benzene rings is 6. The van der Waals surface area contributed by atoms with Gasteiger partial charge in [0.15, 0.2) is 0 Å². The van der Waals surface area contributed by atoms with Crippen LogP contribution >= 0.6 is 0 Å². The van der Waals surface area contributed by atoms with E-state index in [1.807, 2.05) is 24.4 Å². The number of nitrogens with zero attached hydrogens (tertiary/aromatic N) is 4. The predicted octanol–water partition coefficient (Wildman–Crippen LogP) is 14.4. The fourth-order valence-electron chi connectivity index (χ4n) is 8.43. The Morgan fingerprint density at radius 3 is 2.03 bits per heavy atom. The first-order valence-corrected chi connectivity index (χ1v) is 21.0. The van der Waals surface area contributed by atoms with Crippen LogP contribution in [0.25, 0.3) is 38.8 Å². The van der Waals surface area contributed by atoms with Gasteiger partial charge in [0.1, 0.15) is 5.82 Å². The number of hydrogen-bond donors (Lipinski definition) is 0. The van der Waals surface area contributed by atoms with Crippen molar-refractivity contribution >= 4 is 38.9 Å². The summed E-state index contributed by atoms with van der Waals surface area (Å²) in [7, 11) is 0. The van der Waals surface area contributed by atoms with Gasteiger partial charge in [0.25, 0.3) is 0 Å². The Balaban J connectivity index is 0.00000514. The molecule has 0 aliphatic carbocycles. The fourth-order valence-corrected chi connectivity index (χ4v) is 8.43. The Morgan fingerprint density at radius 1 is 0.607 bits per heavy atom. The zero-order valence-corrected chi connectivity index (χ0v) is 38.8. The van der Waals surface area contributed by atoms with Crippen LogP contribution in [-0.2, 0) is 43.9 Å². The first-order valence-electron chi connectivity index (χ1n) is 21.0. The fraction of sp³-hybridized carbons (Fsp3) is 0.236. The summed E-state index contributed by atoms with van der Waals surface area (Å²) in [6.45, 7) is 23.3. The van der Waals surface area contributed by atoms with E-state index >= 15 is 0 Å². The number of rotatable bonds is 7. The minimum Gasteiger partial charge on any atom is -0.509 e. The van der Waals surface area contributed by atoms with Crippen molar-refractivity contribution in [1.29, 1.82) is 0 Å². The molecule has 0 bridgehead atoms. The van der Waals surface area contributed by atoms with Gasteiger partial charge in [-0.05, 0) is 85.3 Å². The van der Waals surface area contributed by atoms with Crippen LogP contribution in [0.3, 0.4) is 0 Å². The van der Waals surface area contributed by atoms with Crippen LogP contribution in [0.15, 0.2) is 140 Å². The summed E-state index contributed by atoms with van der Waals surface area (Å²) in [5.41, 5.74) is 12.8. The topological polar surface area (TPSA) is 33.5 Å². The van der Waals surface area contributed by atoms with Gasteiger partial charge in [-0.15, -0.1) is 41.4 Å². The molecule has 312 valence electrons. The molecule has 3 heterocycles. The maximum atomic E-state index is 6.65. The van der Waals surface area contributed by atoms with Crippen molar-refractivity contribution in [3.05, 3.63) is 181 Å². The predicted molar refractivity (Wildman–Crippen MR) is 250 cm³/mol. The van der Waals surface area contributed by atoms with Gasteiger partial charge in [0.2, 0.25) is 0 Å². The van der Waals surface area contributed by atoms with E-state index in [0.29, 0.717) is 18.0 Å². The van der Waals surface area contributed by atoms with E-state index in [1.165, 1.54) is 38.8 Å². The van der Waals surface area contributed by atoms with Crippen LogP contribution in [0, 0.1) is 18.8 Å². The van der Waals surface area contributed by atoms with Gasteiger partial charge in [-0.1, -0.05) is 141 Å². The van der Waals surface area contributed by atoms with Gasteiger partial charge in [0.05, 0.1) is 0 Å². The van der Waals surface area contributed by atoms with Crippen molar-refractivity contribution in [1.82, 2.24) is 9.55 Å². The molecule has 1 aliphatic heterocycles.